The first kappa shape index (κ1) is 12.2. The van der Waals surface area contributed by atoms with Crippen molar-refractivity contribution in [1.82, 2.24) is 5.32 Å². The zero-order valence-corrected chi connectivity index (χ0v) is 7.31. The lowest BCUT2D eigenvalue weighted by Crippen LogP contribution is -2.50. The van der Waals surface area contributed by atoms with Gasteiger partial charge in [0.2, 0.25) is 0 Å². The van der Waals surface area contributed by atoms with Crippen LogP contribution in [-0.2, 0) is 4.79 Å². The largest absolute Gasteiger partial charge is 0.480 e. The SMILES string of the molecule is O=C(O)[C@@H]1NCC[C@@H]1C(F)(F)C(F)(F)F. The fourth-order valence-electron chi connectivity index (χ4n) is 1.56. The molecule has 1 aliphatic rings. The van der Waals surface area contributed by atoms with E-state index in [0.29, 0.717) is 0 Å². The van der Waals surface area contributed by atoms with Gasteiger partial charge in [0.1, 0.15) is 6.04 Å². The molecule has 0 radical (unpaired) electrons. The number of hydrogen-bond donors (Lipinski definition) is 2. The highest BCUT2D eigenvalue weighted by atomic mass is 19.4. The monoisotopic (exact) mass is 233 g/mol. The summed E-state index contributed by atoms with van der Waals surface area (Å²) in [5.74, 6) is -8.91. The van der Waals surface area contributed by atoms with E-state index in [-0.39, 0.29) is 6.54 Å². The molecule has 1 saturated heterocycles. The number of carbonyl (C=O) groups is 1. The van der Waals surface area contributed by atoms with Gasteiger partial charge in [-0.1, -0.05) is 0 Å². The molecule has 0 aromatic carbocycles. The third kappa shape index (κ3) is 2.04. The predicted molar refractivity (Wildman–Crippen MR) is 38.5 cm³/mol. The molecule has 1 heterocycles. The number of rotatable bonds is 2. The minimum Gasteiger partial charge on any atom is -0.480 e. The molecule has 1 rings (SSSR count). The second kappa shape index (κ2) is 3.58. The van der Waals surface area contributed by atoms with Crippen LogP contribution in [0.25, 0.3) is 0 Å². The second-order valence-corrected chi connectivity index (χ2v) is 3.29. The smallest absolute Gasteiger partial charge is 0.453 e. The lowest BCUT2D eigenvalue weighted by molar-refractivity contribution is -0.303. The van der Waals surface area contributed by atoms with Crippen molar-refractivity contribution in [2.24, 2.45) is 5.92 Å². The molecule has 1 fully saturated rings. The van der Waals surface area contributed by atoms with E-state index in [1.165, 1.54) is 0 Å². The Hall–Kier alpha value is -0.920. The van der Waals surface area contributed by atoms with Crippen molar-refractivity contribution in [3.63, 3.8) is 0 Å². The lowest BCUT2D eigenvalue weighted by atomic mass is 9.93. The van der Waals surface area contributed by atoms with Gasteiger partial charge in [-0.2, -0.15) is 22.0 Å². The summed E-state index contributed by atoms with van der Waals surface area (Å²) >= 11 is 0. The molecule has 0 spiro atoms. The summed E-state index contributed by atoms with van der Waals surface area (Å²) < 4.78 is 61.5. The van der Waals surface area contributed by atoms with Gasteiger partial charge < -0.3 is 10.4 Å². The Kier molecular flexibility index (Phi) is 2.90. The second-order valence-electron chi connectivity index (χ2n) is 3.29. The summed E-state index contributed by atoms with van der Waals surface area (Å²) in [7, 11) is 0. The highest BCUT2D eigenvalue weighted by Crippen LogP contribution is 2.45. The number of aliphatic carboxylic acids is 1. The topological polar surface area (TPSA) is 49.3 Å². The summed E-state index contributed by atoms with van der Waals surface area (Å²) in [5.41, 5.74) is 0. The Balaban J connectivity index is 2.91. The van der Waals surface area contributed by atoms with Crippen LogP contribution in [0.3, 0.4) is 0 Å². The fraction of sp³-hybridized carbons (Fsp3) is 0.857. The van der Waals surface area contributed by atoms with E-state index in [9.17, 15) is 26.7 Å². The van der Waals surface area contributed by atoms with Crippen LogP contribution in [0.2, 0.25) is 0 Å². The van der Waals surface area contributed by atoms with Crippen molar-refractivity contribution >= 4 is 5.97 Å². The zero-order chi connectivity index (χ0) is 11.9. The maximum atomic E-state index is 12.8. The molecule has 2 N–H and O–H groups in total. The number of hydrogen-bond acceptors (Lipinski definition) is 2. The Bertz CT molecular complexity index is 265. The number of carboxylic acid groups (broad SMARTS) is 1. The summed E-state index contributed by atoms with van der Waals surface area (Å²) in [6.07, 6.45) is -6.22. The quantitative estimate of drug-likeness (QED) is 0.705. The van der Waals surface area contributed by atoms with E-state index < -0.39 is 36.4 Å². The van der Waals surface area contributed by atoms with Gasteiger partial charge in [0.05, 0.1) is 5.92 Å². The van der Waals surface area contributed by atoms with Crippen LogP contribution in [0.15, 0.2) is 0 Å². The van der Waals surface area contributed by atoms with Crippen molar-refractivity contribution in [3.05, 3.63) is 0 Å². The lowest BCUT2D eigenvalue weighted by Gasteiger charge is -2.27. The molecule has 1 aliphatic heterocycles. The summed E-state index contributed by atoms with van der Waals surface area (Å²) in [6.45, 7) is -0.159. The predicted octanol–water partition coefficient (Wildman–Crippen LogP) is 1.25. The average molecular weight is 233 g/mol. The third-order valence-corrected chi connectivity index (χ3v) is 2.33. The van der Waals surface area contributed by atoms with Gasteiger partial charge in [0.15, 0.2) is 0 Å². The van der Waals surface area contributed by atoms with Gasteiger partial charge in [-0.3, -0.25) is 4.79 Å². The van der Waals surface area contributed by atoms with E-state index in [1.54, 1.807) is 0 Å². The van der Waals surface area contributed by atoms with Crippen LogP contribution in [0.5, 0.6) is 0 Å². The Labute approximate surface area is 81.3 Å². The molecular weight excluding hydrogens is 225 g/mol. The van der Waals surface area contributed by atoms with Gasteiger partial charge in [-0.05, 0) is 13.0 Å². The number of alkyl halides is 5. The molecule has 0 saturated carbocycles. The third-order valence-electron chi connectivity index (χ3n) is 2.33. The van der Waals surface area contributed by atoms with Crippen LogP contribution in [0.1, 0.15) is 6.42 Å². The highest BCUT2D eigenvalue weighted by molar-refractivity contribution is 5.74. The molecule has 0 aliphatic carbocycles. The normalized spacial score (nSPS) is 28.1. The summed E-state index contributed by atoms with van der Waals surface area (Å²) in [5, 5.41) is 10.6. The summed E-state index contributed by atoms with van der Waals surface area (Å²) in [4.78, 5) is 10.4. The molecule has 3 nitrogen and oxygen atoms in total. The Morgan fingerprint density at radius 3 is 2.20 bits per heavy atom. The van der Waals surface area contributed by atoms with Gasteiger partial charge in [-0.25, -0.2) is 0 Å². The fourth-order valence-corrected chi connectivity index (χ4v) is 1.56. The first-order valence-corrected chi connectivity index (χ1v) is 4.08. The minimum atomic E-state index is -5.71. The molecule has 0 unspecified atom stereocenters. The molecule has 8 heteroatoms. The van der Waals surface area contributed by atoms with Crippen molar-refractivity contribution < 1.29 is 31.9 Å². The van der Waals surface area contributed by atoms with Crippen molar-refractivity contribution in [3.8, 4) is 0 Å². The molecule has 0 aromatic rings. The number of carboxylic acids is 1. The van der Waals surface area contributed by atoms with E-state index in [2.05, 4.69) is 5.32 Å². The Morgan fingerprint density at radius 1 is 1.27 bits per heavy atom. The molecule has 2 atom stereocenters. The maximum absolute atomic E-state index is 12.8. The van der Waals surface area contributed by atoms with Crippen LogP contribution < -0.4 is 5.32 Å². The zero-order valence-electron chi connectivity index (χ0n) is 7.31. The van der Waals surface area contributed by atoms with Crippen molar-refractivity contribution in [2.45, 2.75) is 24.6 Å². The van der Waals surface area contributed by atoms with Crippen LogP contribution in [-0.4, -0.2) is 35.8 Å². The molecule has 88 valence electrons. The summed E-state index contributed by atoms with van der Waals surface area (Å²) in [6, 6.07) is -1.85. The standard InChI is InChI=1S/C7H8F5NO2/c8-6(9,7(10,11)12)3-1-2-13-4(3)5(14)15/h3-4,13H,1-2H2,(H,14,15)/t3-,4+/m0/s1. The molecule has 0 amide bonds. The van der Waals surface area contributed by atoms with E-state index in [1.807, 2.05) is 0 Å². The molecule has 15 heavy (non-hydrogen) atoms. The number of halogens is 5. The first-order valence-electron chi connectivity index (χ1n) is 4.08. The van der Waals surface area contributed by atoms with Crippen LogP contribution >= 0.6 is 0 Å². The van der Waals surface area contributed by atoms with Crippen molar-refractivity contribution in [1.29, 1.82) is 0 Å². The number of nitrogens with one attached hydrogen (secondary N) is 1. The van der Waals surface area contributed by atoms with Gasteiger partial charge in [0.25, 0.3) is 0 Å². The van der Waals surface area contributed by atoms with E-state index >= 15 is 0 Å². The van der Waals surface area contributed by atoms with Crippen LogP contribution in [0, 0.1) is 5.92 Å². The maximum Gasteiger partial charge on any atom is 0.453 e. The minimum absolute atomic E-state index is 0.159. The van der Waals surface area contributed by atoms with Crippen LogP contribution in [0.4, 0.5) is 22.0 Å². The average Bonchev–Trinajstić information content (AvgIpc) is 2.48. The van der Waals surface area contributed by atoms with Crippen molar-refractivity contribution in [2.75, 3.05) is 6.54 Å². The molecule has 0 aromatic heterocycles. The van der Waals surface area contributed by atoms with E-state index in [0.717, 1.165) is 0 Å². The molecule has 0 bridgehead atoms. The Morgan fingerprint density at radius 2 is 1.80 bits per heavy atom. The van der Waals surface area contributed by atoms with Gasteiger partial charge >= 0.3 is 18.1 Å². The van der Waals surface area contributed by atoms with Gasteiger partial charge in [0, 0.05) is 0 Å². The van der Waals surface area contributed by atoms with Gasteiger partial charge in [-0.15, -0.1) is 0 Å². The van der Waals surface area contributed by atoms with E-state index in [4.69, 9.17) is 5.11 Å². The highest BCUT2D eigenvalue weighted by Gasteiger charge is 2.65. The first-order chi connectivity index (χ1) is 6.68. The molecular formula is C7H8F5NO2.